The summed E-state index contributed by atoms with van der Waals surface area (Å²) >= 11 is 0. The number of nitrogens with zero attached hydrogens (tertiary/aromatic N) is 1. The second kappa shape index (κ2) is 9.24. The Kier molecular flexibility index (Phi) is 6.65. The van der Waals surface area contributed by atoms with Gasteiger partial charge in [-0.25, -0.2) is 13.1 Å². The molecule has 7 nitrogen and oxygen atoms in total. The average Bonchev–Trinajstić information content (AvgIpc) is 2.91. The summed E-state index contributed by atoms with van der Waals surface area (Å²) in [4.78, 5) is 15.0. The zero-order valence-electron chi connectivity index (χ0n) is 17.6. The highest BCUT2D eigenvalue weighted by Crippen LogP contribution is 2.38. The van der Waals surface area contributed by atoms with Gasteiger partial charge in [-0.3, -0.25) is 4.79 Å². The fourth-order valence-corrected chi connectivity index (χ4v) is 5.92. The maximum Gasteiger partial charge on any atom is 0.260 e. The first-order chi connectivity index (χ1) is 14.4. The largest absolute Gasteiger partial charge is 0.483 e. The van der Waals surface area contributed by atoms with Crippen molar-refractivity contribution in [2.75, 3.05) is 26.0 Å². The molecular formula is C22H32N2O5S. The van der Waals surface area contributed by atoms with Gasteiger partial charge in [0.15, 0.2) is 6.61 Å². The molecule has 1 aromatic carbocycles. The molecular weight excluding hydrogens is 404 g/mol. The number of hydrogen-bond acceptors (Lipinski definition) is 5. The minimum atomic E-state index is -3.39. The molecule has 30 heavy (non-hydrogen) atoms. The first-order valence-electron chi connectivity index (χ1n) is 11.0. The SMILES string of the molecule is CS(=O)(=O)NC1CCCCN2C(=O)COc3ccccc3C3CCC(CC3)OC[C@@H]12. The number of benzene rings is 1. The van der Waals surface area contributed by atoms with Gasteiger partial charge in [0, 0.05) is 12.6 Å². The lowest BCUT2D eigenvalue weighted by Gasteiger charge is -2.36. The zero-order chi connectivity index (χ0) is 21.1. The highest BCUT2D eigenvalue weighted by atomic mass is 32.2. The van der Waals surface area contributed by atoms with Gasteiger partial charge in [-0.1, -0.05) is 24.6 Å². The number of para-hydroxylation sites is 1. The summed E-state index contributed by atoms with van der Waals surface area (Å²) in [6.45, 7) is 0.892. The van der Waals surface area contributed by atoms with Crippen LogP contribution in [0.2, 0.25) is 0 Å². The fourth-order valence-electron chi connectivity index (χ4n) is 5.10. The molecule has 0 aromatic heterocycles. The van der Waals surface area contributed by atoms with Crippen LogP contribution in [0.15, 0.2) is 24.3 Å². The monoisotopic (exact) mass is 436 g/mol. The highest BCUT2D eigenvalue weighted by Gasteiger charge is 2.36. The van der Waals surface area contributed by atoms with E-state index in [1.54, 1.807) is 4.90 Å². The van der Waals surface area contributed by atoms with Crippen LogP contribution in [0, 0.1) is 0 Å². The van der Waals surface area contributed by atoms with Crippen LogP contribution in [0.3, 0.4) is 0 Å². The first kappa shape index (κ1) is 21.6. The lowest BCUT2D eigenvalue weighted by atomic mass is 9.82. The normalized spacial score (nSPS) is 30.7. The number of ether oxygens (including phenoxy) is 2. The Hall–Kier alpha value is -1.64. The lowest BCUT2D eigenvalue weighted by Crippen LogP contribution is -2.55. The van der Waals surface area contributed by atoms with Crippen molar-refractivity contribution in [1.82, 2.24) is 9.62 Å². The van der Waals surface area contributed by atoms with E-state index in [1.165, 1.54) is 11.8 Å². The van der Waals surface area contributed by atoms with E-state index in [9.17, 15) is 13.2 Å². The summed E-state index contributed by atoms with van der Waals surface area (Å²) in [5, 5.41) is 0. The minimum absolute atomic E-state index is 0.0464. The van der Waals surface area contributed by atoms with Crippen molar-refractivity contribution in [3.63, 3.8) is 0 Å². The molecule has 8 heteroatoms. The molecule has 1 saturated heterocycles. The van der Waals surface area contributed by atoms with Gasteiger partial charge < -0.3 is 14.4 Å². The van der Waals surface area contributed by atoms with Crippen LogP contribution in [0.1, 0.15) is 56.4 Å². The summed E-state index contributed by atoms with van der Waals surface area (Å²) in [6, 6.07) is 7.34. The molecule has 1 saturated carbocycles. The third kappa shape index (κ3) is 5.15. The van der Waals surface area contributed by atoms with E-state index in [1.807, 2.05) is 18.2 Å². The van der Waals surface area contributed by atoms with Gasteiger partial charge in [-0.05, 0) is 56.1 Å². The van der Waals surface area contributed by atoms with E-state index in [0.29, 0.717) is 25.5 Å². The third-order valence-electron chi connectivity index (χ3n) is 6.60. The van der Waals surface area contributed by atoms with Gasteiger partial charge in [0.1, 0.15) is 5.75 Å². The third-order valence-corrected chi connectivity index (χ3v) is 7.33. The van der Waals surface area contributed by atoms with Gasteiger partial charge in [0.05, 0.1) is 25.0 Å². The summed E-state index contributed by atoms with van der Waals surface area (Å²) in [7, 11) is -3.39. The van der Waals surface area contributed by atoms with Crippen LogP contribution in [-0.4, -0.2) is 63.4 Å². The van der Waals surface area contributed by atoms with E-state index in [4.69, 9.17) is 9.47 Å². The number of amides is 1. The standard InChI is InChI=1S/C22H32N2O5S/c1-30(26,27)23-19-7-4-5-13-24-20(19)14-28-17-11-9-16(10-12-17)18-6-2-3-8-21(18)29-15-22(24)25/h2-3,6,8,16-17,19-20,23H,4-5,7,9-15H2,1H3/t16?,17?,19?,20-/m0/s1. The molecule has 0 radical (unpaired) electrons. The van der Waals surface area contributed by atoms with Gasteiger partial charge >= 0.3 is 0 Å². The van der Waals surface area contributed by atoms with Gasteiger partial charge in [-0.2, -0.15) is 0 Å². The van der Waals surface area contributed by atoms with Crippen LogP contribution < -0.4 is 9.46 Å². The van der Waals surface area contributed by atoms with E-state index >= 15 is 0 Å². The van der Waals surface area contributed by atoms with Gasteiger partial charge in [-0.15, -0.1) is 0 Å². The minimum Gasteiger partial charge on any atom is -0.483 e. The predicted octanol–water partition coefficient (Wildman–Crippen LogP) is 2.42. The first-order valence-corrected chi connectivity index (χ1v) is 12.9. The second-order valence-electron chi connectivity index (χ2n) is 8.78. The molecule has 2 fully saturated rings. The topological polar surface area (TPSA) is 84.9 Å². The smallest absolute Gasteiger partial charge is 0.260 e. The summed E-state index contributed by atoms with van der Waals surface area (Å²) in [6.07, 6.45) is 7.70. The number of nitrogens with one attached hydrogen (secondary N) is 1. The van der Waals surface area contributed by atoms with Crippen LogP contribution in [0.5, 0.6) is 5.75 Å². The Bertz CT molecular complexity index is 851. The van der Waals surface area contributed by atoms with Crippen LogP contribution >= 0.6 is 0 Å². The fraction of sp³-hybridized carbons (Fsp3) is 0.682. The van der Waals surface area contributed by atoms with Gasteiger partial charge in [0.25, 0.3) is 5.91 Å². The molecule has 3 aliphatic heterocycles. The van der Waals surface area contributed by atoms with Crippen molar-refractivity contribution in [2.45, 2.75) is 69.1 Å². The van der Waals surface area contributed by atoms with Crippen molar-refractivity contribution in [1.29, 1.82) is 0 Å². The molecule has 1 aromatic rings. The van der Waals surface area contributed by atoms with E-state index in [2.05, 4.69) is 10.8 Å². The number of carbonyl (C=O) groups excluding carboxylic acids is 1. The Morgan fingerprint density at radius 1 is 1.07 bits per heavy atom. The molecule has 2 atom stereocenters. The second-order valence-corrected chi connectivity index (χ2v) is 10.6. The zero-order valence-corrected chi connectivity index (χ0v) is 18.4. The molecule has 1 amide bonds. The average molecular weight is 437 g/mol. The Morgan fingerprint density at radius 2 is 1.83 bits per heavy atom. The molecule has 1 unspecified atom stereocenters. The van der Waals surface area contributed by atoms with Crippen molar-refractivity contribution in [3.05, 3.63) is 29.8 Å². The summed E-state index contributed by atoms with van der Waals surface area (Å²) in [5.74, 6) is 1.08. The number of carbonyl (C=O) groups is 1. The van der Waals surface area contributed by atoms with E-state index in [0.717, 1.165) is 44.3 Å². The molecule has 1 N–H and O–H groups in total. The Balaban J connectivity index is 1.63. The van der Waals surface area contributed by atoms with Crippen LogP contribution in [0.25, 0.3) is 0 Å². The van der Waals surface area contributed by atoms with E-state index < -0.39 is 10.0 Å². The molecule has 5 rings (SSSR count). The predicted molar refractivity (Wildman–Crippen MR) is 114 cm³/mol. The molecule has 2 bridgehead atoms. The van der Waals surface area contributed by atoms with Crippen LogP contribution in [0.4, 0.5) is 0 Å². The van der Waals surface area contributed by atoms with E-state index in [-0.39, 0.29) is 30.7 Å². The summed E-state index contributed by atoms with van der Waals surface area (Å²) < 4.78 is 39.0. The van der Waals surface area contributed by atoms with Crippen molar-refractivity contribution in [2.24, 2.45) is 0 Å². The van der Waals surface area contributed by atoms with Crippen LogP contribution in [-0.2, 0) is 19.6 Å². The Labute approximate surface area is 179 Å². The highest BCUT2D eigenvalue weighted by molar-refractivity contribution is 7.88. The molecule has 1 aliphatic carbocycles. The molecule has 3 heterocycles. The number of hydrogen-bond donors (Lipinski definition) is 1. The van der Waals surface area contributed by atoms with Crippen molar-refractivity contribution >= 4 is 15.9 Å². The quantitative estimate of drug-likeness (QED) is 0.770. The maximum atomic E-state index is 13.2. The van der Waals surface area contributed by atoms with Gasteiger partial charge in [0.2, 0.25) is 10.0 Å². The van der Waals surface area contributed by atoms with Crippen molar-refractivity contribution in [3.8, 4) is 5.75 Å². The lowest BCUT2D eigenvalue weighted by molar-refractivity contribution is -0.138. The molecule has 166 valence electrons. The maximum absolute atomic E-state index is 13.2. The molecule has 0 spiro atoms. The number of fused-ring (bicyclic) bond motifs is 5. The number of rotatable bonds is 2. The summed E-state index contributed by atoms with van der Waals surface area (Å²) in [5.41, 5.74) is 1.17. The molecule has 4 aliphatic rings. The van der Waals surface area contributed by atoms with Crippen molar-refractivity contribution < 1.29 is 22.7 Å². The Morgan fingerprint density at radius 3 is 2.60 bits per heavy atom. The number of sulfonamides is 1.